The first-order chi connectivity index (χ1) is 12.5. The van der Waals surface area contributed by atoms with Gasteiger partial charge >= 0.3 is 5.97 Å². The number of tetrazole rings is 1. The molecule has 1 saturated heterocycles. The number of benzene rings is 1. The minimum absolute atomic E-state index is 0.101. The fraction of sp³-hybridized carbons (Fsp3) is 0.471. The molecule has 0 aliphatic carbocycles. The summed E-state index contributed by atoms with van der Waals surface area (Å²) in [5, 5.41) is 22.1. The van der Waals surface area contributed by atoms with Crippen LogP contribution in [0.5, 0.6) is 0 Å². The summed E-state index contributed by atoms with van der Waals surface area (Å²) < 4.78 is 0. The summed E-state index contributed by atoms with van der Waals surface area (Å²) in [4.78, 5) is 26.9. The summed E-state index contributed by atoms with van der Waals surface area (Å²) in [6.45, 7) is 2.76. The van der Waals surface area contributed by atoms with Gasteiger partial charge in [0, 0.05) is 23.7 Å². The number of halogens is 1. The van der Waals surface area contributed by atoms with Gasteiger partial charge in [0.25, 0.3) is 0 Å². The van der Waals surface area contributed by atoms with Crippen molar-refractivity contribution in [3.63, 3.8) is 0 Å². The molecule has 0 saturated carbocycles. The van der Waals surface area contributed by atoms with E-state index in [-0.39, 0.29) is 11.8 Å². The van der Waals surface area contributed by atoms with Crippen molar-refractivity contribution in [1.82, 2.24) is 25.1 Å². The molecule has 1 atom stereocenters. The summed E-state index contributed by atoms with van der Waals surface area (Å²) >= 11 is 5.89. The molecule has 1 aliphatic heterocycles. The van der Waals surface area contributed by atoms with E-state index in [1.807, 2.05) is 6.92 Å². The quantitative estimate of drug-likeness (QED) is 0.857. The fourth-order valence-electron chi connectivity index (χ4n) is 3.07. The number of piperidine rings is 1. The summed E-state index contributed by atoms with van der Waals surface area (Å²) in [6, 6.07) is 6.52. The topological polar surface area (TPSA) is 101 Å². The SMILES string of the molecule is CCC(C(=O)N1CCC(C(=O)O)CC1)n1nnc(-c2ccc(Cl)cc2)n1. The number of hydrogen-bond acceptors (Lipinski definition) is 5. The van der Waals surface area contributed by atoms with Gasteiger partial charge in [-0.25, -0.2) is 0 Å². The highest BCUT2D eigenvalue weighted by Gasteiger charge is 2.32. The van der Waals surface area contributed by atoms with Crippen molar-refractivity contribution in [1.29, 1.82) is 0 Å². The second kappa shape index (κ2) is 7.82. The van der Waals surface area contributed by atoms with Gasteiger partial charge in [0.1, 0.15) is 0 Å². The molecule has 3 rings (SSSR count). The maximum Gasteiger partial charge on any atom is 0.306 e. The van der Waals surface area contributed by atoms with E-state index in [0.29, 0.717) is 43.2 Å². The largest absolute Gasteiger partial charge is 0.481 e. The molecule has 0 spiro atoms. The lowest BCUT2D eigenvalue weighted by molar-refractivity contribution is -0.146. The molecule has 0 radical (unpaired) electrons. The van der Waals surface area contributed by atoms with Gasteiger partial charge in [-0.3, -0.25) is 9.59 Å². The zero-order chi connectivity index (χ0) is 18.7. The van der Waals surface area contributed by atoms with Crippen LogP contribution in [-0.2, 0) is 9.59 Å². The van der Waals surface area contributed by atoms with Gasteiger partial charge in [0.15, 0.2) is 6.04 Å². The summed E-state index contributed by atoms with van der Waals surface area (Å²) in [7, 11) is 0. The average molecular weight is 378 g/mol. The Balaban J connectivity index is 1.72. The van der Waals surface area contributed by atoms with Crippen LogP contribution >= 0.6 is 11.6 Å². The van der Waals surface area contributed by atoms with Crippen LogP contribution < -0.4 is 0 Å². The third kappa shape index (κ3) is 3.85. The summed E-state index contributed by atoms with van der Waals surface area (Å²) in [5.74, 6) is -0.844. The number of aromatic nitrogens is 4. The monoisotopic (exact) mass is 377 g/mol. The smallest absolute Gasteiger partial charge is 0.306 e. The zero-order valence-corrected chi connectivity index (χ0v) is 15.1. The van der Waals surface area contributed by atoms with Crippen molar-refractivity contribution in [2.75, 3.05) is 13.1 Å². The van der Waals surface area contributed by atoms with E-state index < -0.39 is 12.0 Å². The van der Waals surface area contributed by atoms with Crippen molar-refractivity contribution in [2.24, 2.45) is 5.92 Å². The van der Waals surface area contributed by atoms with E-state index in [0.717, 1.165) is 5.56 Å². The Morgan fingerprint density at radius 2 is 1.92 bits per heavy atom. The Hall–Kier alpha value is -2.48. The number of aliphatic carboxylic acids is 1. The fourth-order valence-corrected chi connectivity index (χ4v) is 3.19. The molecular weight excluding hydrogens is 358 g/mol. The third-order valence-corrected chi connectivity index (χ3v) is 4.89. The Morgan fingerprint density at radius 1 is 1.27 bits per heavy atom. The predicted octanol–water partition coefficient (Wildman–Crippen LogP) is 2.27. The second-order valence-corrected chi connectivity index (χ2v) is 6.74. The molecule has 26 heavy (non-hydrogen) atoms. The van der Waals surface area contributed by atoms with Crippen LogP contribution in [0.15, 0.2) is 24.3 Å². The Kier molecular flexibility index (Phi) is 5.51. The average Bonchev–Trinajstić information content (AvgIpc) is 3.12. The number of amides is 1. The standard InChI is InChI=1S/C17H20ClN5O3/c1-2-14(16(24)22-9-7-12(8-10-22)17(25)26)23-20-15(19-21-23)11-3-5-13(18)6-4-11/h3-6,12,14H,2,7-10H2,1H3,(H,25,26). The zero-order valence-electron chi connectivity index (χ0n) is 14.4. The van der Waals surface area contributed by atoms with Gasteiger partial charge in [-0.15, -0.1) is 10.2 Å². The lowest BCUT2D eigenvalue weighted by atomic mass is 9.96. The third-order valence-electron chi connectivity index (χ3n) is 4.64. The molecule has 138 valence electrons. The summed E-state index contributed by atoms with van der Waals surface area (Å²) in [6.07, 6.45) is 1.46. The second-order valence-electron chi connectivity index (χ2n) is 6.30. The highest BCUT2D eigenvalue weighted by molar-refractivity contribution is 6.30. The van der Waals surface area contributed by atoms with Gasteiger partial charge in [-0.05, 0) is 48.7 Å². The Labute approximate surface area is 155 Å². The lowest BCUT2D eigenvalue weighted by Crippen LogP contribution is -2.44. The van der Waals surface area contributed by atoms with E-state index in [9.17, 15) is 9.59 Å². The van der Waals surface area contributed by atoms with E-state index in [2.05, 4.69) is 15.4 Å². The molecule has 1 aliphatic rings. The van der Waals surface area contributed by atoms with Crippen LogP contribution in [0.3, 0.4) is 0 Å². The van der Waals surface area contributed by atoms with Crippen molar-refractivity contribution in [3.05, 3.63) is 29.3 Å². The molecule has 1 unspecified atom stereocenters. The van der Waals surface area contributed by atoms with Crippen LogP contribution in [0.25, 0.3) is 11.4 Å². The number of carboxylic acid groups (broad SMARTS) is 1. The highest BCUT2D eigenvalue weighted by atomic mass is 35.5. The Morgan fingerprint density at radius 3 is 2.50 bits per heavy atom. The molecular formula is C17H20ClN5O3. The molecule has 1 amide bonds. The van der Waals surface area contributed by atoms with Gasteiger partial charge in [0.2, 0.25) is 11.7 Å². The number of carbonyl (C=O) groups excluding carboxylic acids is 1. The van der Waals surface area contributed by atoms with E-state index in [4.69, 9.17) is 16.7 Å². The number of hydrogen-bond donors (Lipinski definition) is 1. The normalized spacial score (nSPS) is 16.5. The molecule has 9 heteroatoms. The van der Waals surface area contributed by atoms with E-state index in [1.54, 1.807) is 29.2 Å². The summed E-state index contributed by atoms with van der Waals surface area (Å²) in [5.41, 5.74) is 0.769. The highest BCUT2D eigenvalue weighted by Crippen LogP contribution is 2.22. The maximum atomic E-state index is 12.8. The minimum atomic E-state index is -0.797. The van der Waals surface area contributed by atoms with E-state index in [1.165, 1.54) is 4.80 Å². The molecule has 1 aromatic carbocycles. The first-order valence-corrected chi connectivity index (χ1v) is 8.94. The number of nitrogens with zero attached hydrogens (tertiary/aromatic N) is 5. The predicted molar refractivity (Wildman–Crippen MR) is 94.5 cm³/mol. The molecule has 1 aromatic heterocycles. The molecule has 1 fully saturated rings. The molecule has 0 bridgehead atoms. The van der Waals surface area contributed by atoms with Gasteiger partial charge in [0.05, 0.1) is 5.92 Å². The number of carboxylic acids is 1. The molecule has 1 N–H and O–H groups in total. The van der Waals surface area contributed by atoms with Gasteiger partial charge < -0.3 is 10.0 Å². The maximum absolute atomic E-state index is 12.8. The van der Waals surface area contributed by atoms with Crippen LogP contribution in [0, 0.1) is 5.92 Å². The van der Waals surface area contributed by atoms with Gasteiger partial charge in [-0.2, -0.15) is 4.80 Å². The molecule has 2 heterocycles. The lowest BCUT2D eigenvalue weighted by Gasteiger charge is -2.32. The first-order valence-electron chi connectivity index (χ1n) is 8.56. The number of carbonyl (C=O) groups is 2. The number of likely N-dealkylation sites (tertiary alicyclic amines) is 1. The van der Waals surface area contributed by atoms with Crippen molar-refractivity contribution in [2.45, 2.75) is 32.2 Å². The Bertz CT molecular complexity index is 784. The van der Waals surface area contributed by atoms with Crippen LogP contribution in [-0.4, -0.2) is 55.2 Å². The first kappa shape index (κ1) is 18.3. The van der Waals surface area contributed by atoms with Crippen molar-refractivity contribution >= 4 is 23.5 Å². The van der Waals surface area contributed by atoms with E-state index >= 15 is 0 Å². The number of rotatable bonds is 5. The van der Waals surface area contributed by atoms with Gasteiger partial charge in [-0.1, -0.05) is 18.5 Å². The van der Waals surface area contributed by atoms with Crippen LogP contribution in [0.4, 0.5) is 0 Å². The van der Waals surface area contributed by atoms with Crippen molar-refractivity contribution in [3.8, 4) is 11.4 Å². The molecule has 8 nitrogen and oxygen atoms in total. The molecule has 2 aromatic rings. The van der Waals surface area contributed by atoms with Crippen molar-refractivity contribution < 1.29 is 14.7 Å². The van der Waals surface area contributed by atoms with Crippen LogP contribution in [0.1, 0.15) is 32.2 Å². The minimum Gasteiger partial charge on any atom is -0.481 e. The van der Waals surface area contributed by atoms with Crippen LogP contribution in [0.2, 0.25) is 5.02 Å².